The van der Waals surface area contributed by atoms with Gasteiger partial charge in [0.1, 0.15) is 5.75 Å². The molecule has 0 amide bonds. The monoisotopic (exact) mass is 210 g/mol. The second-order valence-corrected chi connectivity index (χ2v) is 4.97. The first-order valence-corrected chi connectivity index (χ1v) is 5.93. The van der Waals surface area contributed by atoms with Crippen molar-refractivity contribution in [2.75, 3.05) is 7.11 Å². The highest BCUT2D eigenvalue weighted by atomic mass is 16.5. The van der Waals surface area contributed by atoms with Gasteiger partial charge in [-0.3, -0.25) is 0 Å². The van der Waals surface area contributed by atoms with Gasteiger partial charge in [0.15, 0.2) is 0 Å². The molecule has 5 rings (SSSR count). The summed E-state index contributed by atoms with van der Waals surface area (Å²) >= 11 is 0. The second-order valence-electron chi connectivity index (χ2n) is 4.97. The fourth-order valence-electron chi connectivity index (χ4n) is 3.48. The fraction of sp³-hybridized carbons (Fsp3) is 0.333. The summed E-state index contributed by atoms with van der Waals surface area (Å²) in [5.74, 6) is 3.69. The molecule has 0 aliphatic heterocycles. The number of methoxy groups -OCH3 is 1. The van der Waals surface area contributed by atoms with Gasteiger partial charge in [0, 0.05) is 11.8 Å². The van der Waals surface area contributed by atoms with Crippen molar-refractivity contribution >= 4 is 0 Å². The molecule has 1 aromatic rings. The molecule has 2 bridgehead atoms. The minimum atomic E-state index is 0.588. The van der Waals surface area contributed by atoms with Gasteiger partial charge in [-0.15, -0.1) is 0 Å². The number of ether oxygens (including phenoxy) is 1. The average Bonchev–Trinajstić information content (AvgIpc) is 2.29. The Morgan fingerprint density at radius 3 is 2.19 bits per heavy atom. The van der Waals surface area contributed by atoms with E-state index in [1.54, 1.807) is 7.11 Å². The van der Waals surface area contributed by atoms with Crippen molar-refractivity contribution in [1.29, 1.82) is 0 Å². The van der Waals surface area contributed by atoms with Gasteiger partial charge in [0.05, 0.1) is 7.11 Å². The minimum absolute atomic E-state index is 0.588. The Morgan fingerprint density at radius 2 is 1.56 bits per heavy atom. The number of hydrogen-bond donors (Lipinski definition) is 0. The normalized spacial score (nSPS) is 36.6. The van der Waals surface area contributed by atoms with Gasteiger partial charge in [-0.2, -0.15) is 0 Å². The first kappa shape index (κ1) is 8.63. The van der Waals surface area contributed by atoms with E-state index in [2.05, 4.69) is 42.5 Å². The molecule has 0 N–H and O–H groups in total. The molecule has 80 valence electrons. The van der Waals surface area contributed by atoms with Crippen molar-refractivity contribution in [3.8, 4) is 5.75 Å². The van der Waals surface area contributed by atoms with E-state index in [0.29, 0.717) is 11.8 Å². The Labute approximate surface area is 95.4 Å². The molecule has 0 heterocycles. The number of hydrogen-bond acceptors (Lipinski definition) is 1. The van der Waals surface area contributed by atoms with Crippen LogP contribution in [0.1, 0.15) is 23.0 Å². The maximum Gasteiger partial charge on any atom is 0.119 e. The highest BCUT2D eigenvalue weighted by molar-refractivity contribution is 5.52. The summed E-state index contributed by atoms with van der Waals surface area (Å²) in [7, 11) is 1.74. The van der Waals surface area contributed by atoms with Crippen LogP contribution in [0, 0.1) is 11.8 Å². The van der Waals surface area contributed by atoms with Crippen molar-refractivity contribution in [3.05, 3.63) is 53.6 Å². The molecule has 4 aliphatic carbocycles. The molecule has 0 aromatic heterocycles. The van der Waals surface area contributed by atoms with Crippen LogP contribution in [0.2, 0.25) is 0 Å². The largest absolute Gasteiger partial charge is 0.497 e. The van der Waals surface area contributed by atoms with E-state index in [-0.39, 0.29) is 0 Å². The lowest BCUT2D eigenvalue weighted by molar-refractivity contribution is 0.315. The third-order valence-electron chi connectivity index (χ3n) is 4.37. The van der Waals surface area contributed by atoms with E-state index < -0.39 is 0 Å². The van der Waals surface area contributed by atoms with Crippen LogP contribution in [0.4, 0.5) is 0 Å². The topological polar surface area (TPSA) is 9.23 Å². The van der Waals surface area contributed by atoms with Crippen molar-refractivity contribution in [2.24, 2.45) is 11.8 Å². The van der Waals surface area contributed by atoms with Crippen molar-refractivity contribution < 1.29 is 4.74 Å². The lowest BCUT2D eigenvalue weighted by atomic mass is 9.55. The summed E-state index contributed by atoms with van der Waals surface area (Å²) in [5, 5.41) is 0. The van der Waals surface area contributed by atoms with E-state index in [4.69, 9.17) is 4.74 Å². The maximum atomic E-state index is 5.33. The molecule has 4 atom stereocenters. The van der Waals surface area contributed by atoms with Crippen molar-refractivity contribution in [2.45, 2.75) is 11.8 Å². The van der Waals surface area contributed by atoms with Gasteiger partial charge in [0.25, 0.3) is 0 Å². The van der Waals surface area contributed by atoms with Gasteiger partial charge >= 0.3 is 0 Å². The molecule has 0 fully saturated rings. The molecule has 0 saturated heterocycles. The zero-order chi connectivity index (χ0) is 10.7. The average molecular weight is 210 g/mol. The summed E-state index contributed by atoms with van der Waals surface area (Å²) in [6.45, 7) is 0. The highest BCUT2D eigenvalue weighted by Gasteiger charge is 2.45. The van der Waals surface area contributed by atoms with Crippen LogP contribution >= 0.6 is 0 Å². The summed E-state index contributed by atoms with van der Waals surface area (Å²) in [5.41, 5.74) is 3.00. The first-order chi connectivity index (χ1) is 7.88. The molecule has 1 nitrogen and oxygen atoms in total. The second kappa shape index (κ2) is 2.79. The van der Waals surface area contributed by atoms with E-state index in [1.165, 1.54) is 11.1 Å². The summed E-state index contributed by atoms with van der Waals surface area (Å²) in [6, 6.07) is 6.56. The van der Waals surface area contributed by atoms with Crippen molar-refractivity contribution in [3.63, 3.8) is 0 Å². The van der Waals surface area contributed by atoms with Crippen LogP contribution in [0.5, 0.6) is 5.75 Å². The van der Waals surface area contributed by atoms with E-state index in [0.717, 1.165) is 17.6 Å². The standard InChI is InChI=1S/C15H14O/c1-16-9-2-3-13-11-6-7-14(15(13)8-9)12-5-4-10(11)12/h2-8,10-12,14H,1H3/t10-,11+,12+,14+/m1/s1. The Hall–Kier alpha value is -1.50. The van der Waals surface area contributed by atoms with Crippen LogP contribution < -0.4 is 4.74 Å². The van der Waals surface area contributed by atoms with Crippen LogP contribution in [-0.2, 0) is 0 Å². The van der Waals surface area contributed by atoms with E-state index in [1.807, 2.05) is 0 Å². The van der Waals surface area contributed by atoms with Gasteiger partial charge in [0.2, 0.25) is 0 Å². The molecule has 0 spiro atoms. The van der Waals surface area contributed by atoms with Crippen LogP contribution in [0.25, 0.3) is 0 Å². The predicted molar refractivity (Wildman–Crippen MR) is 63.7 cm³/mol. The van der Waals surface area contributed by atoms with Crippen LogP contribution in [0.3, 0.4) is 0 Å². The molecule has 1 aromatic carbocycles. The zero-order valence-corrected chi connectivity index (χ0v) is 9.26. The smallest absolute Gasteiger partial charge is 0.119 e. The summed E-state index contributed by atoms with van der Waals surface area (Å²) < 4.78 is 5.33. The third kappa shape index (κ3) is 0.874. The van der Waals surface area contributed by atoms with Crippen LogP contribution in [-0.4, -0.2) is 7.11 Å². The Kier molecular flexibility index (Phi) is 1.50. The summed E-state index contributed by atoms with van der Waals surface area (Å²) in [4.78, 5) is 0. The third-order valence-corrected chi connectivity index (χ3v) is 4.37. The van der Waals surface area contributed by atoms with Crippen molar-refractivity contribution in [1.82, 2.24) is 0 Å². The number of rotatable bonds is 1. The van der Waals surface area contributed by atoms with Gasteiger partial charge in [-0.05, 0) is 35.1 Å². The lowest BCUT2D eigenvalue weighted by Gasteiger charge is -2.48. The lowest BCUT2D eigenvalue weighted by Crippen LogP contribution is -2.37. The van der Waals surface area contributed by atoms with E-state index >= 15 is 0 Å². The number of allylic oxidation sites excluding steroid dienone is 4. The molecule has 1 heteroatoms. The Balaban J connectivity index is 1.91. The number of benzene rings is 1. The zero-order valence-electron chi connectivity index (χ0n) is 9.26. The first-order valence-electron chi connectivity index (χ1n) is 5.93. The van der Waals surface area contributed by atoms with E-state index in [9.17, 15) is 0 Å². The molecular weight excluding hydrogens is 196 g/mol. The quantitative estimate of drug-likeness (QED) is 0.646. The molecular formula is C15H14O. The van der Waals surface area contributed by atoms with Gasteiger partial charge in [-0.25, -0.2) is 0 Å². The summed E-state index contributed by atoms with van der Waals surface area (Å²) in [6.07, 6.45) is 9.52. The molecule has 0 saturated carbocycles. The Morgan fingerprint density at radius 1 is 0.875 bits per heavy atom. The maximum absolute atomic E-state index is 5.33. The minimum Gasteiger partial charge on any atom is -0.497 e. The predicted octanol–water partition coefficient (Wildman–Crippen LogP) is 3.25. The fourth-order valence-corrected chi connectivity index (χ4v) is 3.48. The highest BCUT2D eigenvalue weighted by Crippen LogP contribution is 2.56. The van der Waals surface area contributed by atoms with Gasteiger partial charge in [-0.1, -0.05) is 30.4 Å². The van der Waals surface area contributed by atoms with Gasteiger partial charge < -0.3 is 4.74 Å². The molecule has 16 heavy (non-hydrogen) atoms. The molecule has 4 aliphatic rings. The van der Waals surface area contributed by atoms with Crippen LogP contribution in [0.15, 0.2) is 42.5 Å². The molecule has 0 radical (unpaired) electrons. The Bertz CT molecular complexity index is 512. The molecule has 0 unspecified atom stereocenters. The SMILES string of the molecule is COc1ccc2c(c1)[C@H]1C=C[C@H]2[C@H]2C=C[C@@H]21.